The third-order valence-electron chi connectivity index (χ3n) is 5.48. The third kappa shape index (κ3) is 2.59. The maximum Gasteiger partial charge on any atom is 0.0645 e. The number of rotatable bonds is 3. The summed E-state index contributed by atoms with van der Waals surface area (Å²) in [5.41, 5.74) is 8.07. The second kappa shape index (κ2) is 6.38. The van der Waals surface area contributed by atoms with Crippen LogP contribution in [0.1, 0.15) is 29.0 Å². The van der Waals surface area contributed by atoms with Gasteiger partial charge < -0.3 is 10.2 Å². The van der Waals surface area contributed by atoms with Gasteiger partial charge in [0.25, 0.3) is 0 Å². The number of benzene rings is 3. The summed E-state index contributed by atoms with van der Waals surface area (Å²) in [6.07, 6.45) is 1.16. The highest BCUT2D eigenvalue weighted by Crippen LogP contribution is 2.47. The molecular weight excluding hydrogens is 316 g/mol. The molecule has 5 rings (SSSR count). The smallest absolute Gasteiger partial charge is 0.0645 e. The zero-order chi connectivity index (χ0) is 17.3. The van der Waals surface area contributed by atoms with E-state index in [9.17, 15) is 0 Å². The summed E-state index contributed by atoms with van der Waals surface area (Å²) in [5, 5.41) is 3.74. The minimum Gasteiger partial charge on any atom is -0.365 e. The first-order valence-corrected chi connectivity index (χ1v) is 9.34. The summed E-state index contributed by atoms with van der Waals surface area (Å²) in [6.45, 7) is 2.02. The number of anilines is 1. The SMILES string of the molecule is c1ccc(CN2CCC3C(=C2c2ccccc2)Nc2ccccc23)cc1. The molecule has 3 aromatic carbocycles. The number of fused-ring (bicyclic) bond motifs is 3. The summed E-state index contributed by atoms with van der Waals surface area (Å²) >= 11 is 0. The van der Waals surface area contributed by atoms with Crippen molar-refractivity contribution in [1.29, 1.82) is 0 Å². The standard InChI is InChI=1S/C24H22N2/c1-3-9-18(10-4-1)17-26-16-15-21-20-13-7-8-14-22(20)25-23(21)24(26)19-11-5-2-6-12-19/h1-14,21,25H,15-17H2. The summed E-state index contributed by atoms with van der Waals surface area (Å²) in [7, 11) is 0. The molecule has 1 unspecified atom stereocenters. The van der Waals surface area contributed by atoms with E-state index in [-0.39, 0.29) is 0 Å². The molecule has 1 N–H and O–H groups in total. The van der Waals surface area contributed by atoms with Crippen molar-refractivity contribution >= 4 is 11.4 Å². The van der Waals surface area contributed by atoms with Crippen molar-refractivity contribution in [2.24, 2.45) is 0 Å². The van der Waals surface area contributed by atoms with E-state index in [2.05, 4.69) is 95.1 Å². The molecule has 0 amide bonds. The van der Waals surface area contributed by atoms with Gasteiger partial charge in [0.2, 0.25) is 0 Å². The molecule has 2 nitrogen and oxygen atoms in total. The van der Waals surface area contributed by atoms with Crippen LogP contribution in [0, 0.1) is 0 Å². The van der Waals surface area contributed by atoms with E-state index in [0.717, 1.165) is 19.5 Å². The molecule has 26 heavy (non-hydrogen) atoms. The Labute approximate surface area is 154 Å². The van der Waals surface area contributed by atoms with Gasteiger partial charge in [0, 0.05) is 30.4 Å². The van der Waals surface area contributed by atoms with Crippen LogP contribution in [0.25, 0.3) is 5.70 Å². The summed E-state index contributed by atoms with van der Waals surface area (Å²) < 4.78 is 0. The molecule has 2 heterocycles. The molecule has 0 aromatic heterocycles. The van der Waals surface area contributed by atoms with E-state index in [1.807, 2.05) is 0 Å². The van der Waals surface area contributed by atoms with Crippen molar-refractivity contribution in [2.45, 2.75) is 18.9 Å². The Kier molecular flexibility index (Phi) is 3.75. The Morgan fingerprint density at radius 3 is 2.31 bits per heavy atom. The van der Waals surface area contributed by atoms with Crippen molar-refractivity contribution in [3.8, 4) is 0 Å². The zero-order valence-corrected chi connectivity index (χ0v) is 14.7. The Morgan fingerprint density at radius 1 is 0.808 bits per heavy atom. The number of hydrogen-bond acceptors (Lipinski definition) is 2. The number of nitrogens with one attached hydrogen (secondary N) is 1. The van der Waals surface area contributed by atoms with Crippen LogP contribution in [0.4, 0.5) is 5.69 Å². The molecule has 0 radical (unpaired) electrons. The molecule has 0 bridgehead atoms. The Balaban J connectivity index is 1.61. The van der Waals surface area contributed by atoms with Gasteiger partial charge in [0.1, 0.15) is 0 Å². The van der Waals surface area contributed by atoms with Crippen molar-refractivity contribution in [2.75, 3.05) is 11.9 Å². The minimum absolute atomic E-state index is 0.480. The minimum atomic E-state index is 0.480. The predicted octanol–water partition coefficient (Wildman–Crippen LogP) is 5.47. The summed E-state index contributed by atoms with van der Waals surface area (Å²) in [6, 6.07) is 30.3. The van der Waals surface area contributed by atoms with Crippen LogP contribution in [-0.4, -0.2) is 11.4 Å². The van der Waals surface area contributed by atoms with E-state index in [1.165, 1.54) is 33.8 Å². The van der Waals surface area contributed by atoms with Crippen LogP contribution >= 0.6 is 0 Å². The van der Waals surface area contributed by atoms with Gasteiger partial charge in [-0.3, -0.25) is 0 Å². The summed E-state index contributed by atoms with van der Waals surface area (Å²) in [4.78, 5) is 2.54. The lowest BCUT2D eigenvalue weighted by Crippen LogP contribution is -2.31. The van der Waals surface area contributed by atoms with E-state index in [4.69, 9.17) is 0 Å². The van der Waals surface area contributed by atoms with Gasteiger partial charge in [-0.1, -0.05) is 78.9 Å². The fourth-order valence-corrected chi connectivity index (χ4v) is 4.29. The lowest BCUT2D eigenvalue weighted by atomic mass is 9.89. The van der Waals surface area contributed by atoms with Crippen LogP contribution < -0.4 is 5.32 Å². The lowest BCUT2D eigenvalue weighted by Gasteiger charge is -2.36. The van der Waals surface area contributed by atoms with Gasteiger partial charge in [-0.05, 0) is 29.2 Å². The molecular formula is C24H22N2. The molecule has 0 saturated carbocycles. The average molecular weight is 338 g/mol. The van der Waals surface area contributed by atoms with Crippen LogP contribution in [0.15, 0.2) is 90.6 Å². The molecule has 1 atom stereocenters. The number of hydrogen-bond donors (Lipinski definition) is 1. The number of allylic oxidation sites excluding steroid dienone is 1. The Hall–Kier alpha value is -3.00. The van der Waals surface area contributed by atoms with Gasteiger partial charge in [0.15, 0.2) is 0 Å². The highest BCUT2D eigenvalue weighted by atomic mass is 15.2. The molecule has 0 spiro atoms. The molecule has 2 heteroatoms. The Bertz CT molecular complexity index is 944. The largest absolute Gasteiger partial charge is 0.365 e. The summed E-state index contributed by atoms with van der Waals surface area (Å²) in [5.74, 6) is 0.480. The lowest BCUT2D eigenvalue weighted by molar-refractivity contribution is 0.354. The monoisotopic (exact) mass is 338 g/mol. The first-order valence-electron chi connectivity index (χ1n) is 9.34. The molecule has 2 aliphatic heterocycles. The van der Waals surface area contributed by atoms with Crippen molar-refractivity contribution in [3.63, 3.8) is 0 Å². The normalized spacial score (nSPS) is 18.3. The first kappa shape index (κ1) is 15.3. The van der Waals surface area contributed by atoms with Crippen LogP contribution in [0.3, 0.4) is 0 Å². The van der Waals surface area contributed by atoms with Crippen LogP contribution in [0.2, 0.25) is 0 Å². The van der Waals surface area contributed by atoms with E-state index < -0.39 is 0 Å². The molecule has 3 aromatic rings. The van der Waals surface area contributed by atoms with E-state index >= 15 is 0 Å². The van der Waals surface area contributed by atoms with Gasteiger partial charge in [-0.15, -0.1) is 0 Å². The number of nitrogens with zero attached hydrogens (tertiary/aromatic N) is 1. The quantitative estimate of drug-likeness (QED) is 0.681. The molecule has 0 aliphatic carbocycles. The second-order valence-electron chi connectivity index (χ2n) is 7.09. The number of para-hydroxylation sites is 1. The maximum atomic E-state index is 3.74. The van der Waals surface area contributed by atoms with Gasteiger partial charge in [0.05, 0.1) is 5.70 Å². The van der Waals surface area contributed by atoms with Crippen molar-refractivity contribution in [3.05, 3.63) is 107 Å². The molecule has 128 valence electrons. The van der Waals surface area contributed by atoms with Crippen LogP contribution in [0.5, 0.6) is 0 Å². The van der Waals surface area contributed by atoms with Crippen molar-refractivity contribution < 1.29 is 0 Å². The van der Waals surface area contributed by atoms with Crippen LogP contribution in [-0.2, 0) is 6.54 Å². The highest BCUT2D eigenvalue weighted by molar-refractivity contribution is 5.79. The topological polar surface area (TPSA) is 15.3 Å². The molecule has 0 saturated heterocycles. The third-order valence-corrected chi connectivity index (χ3v) is 5.48. The fraction of sp³-hybridized carbons (Fsp3) is 0.167. The van der Waals surface area contributed by atoms with Gasteiger partial charge >= 0.3 is 0 Å². The Morgan fingerprint density at radius 2 is 1.50 bits per heavy atom. The highest BCUT2D eigenvalue weighted by Gasteiger charge is 2.35. The molecule has 0 fully saturated rings. The van der Waals surface area contributed by atoms with Crippen molar-refractivity contribution in [1.82, 2.24) is 4.90 Å². The van der Waals surface area contributed by atoms with E-state index in [0.29, 0.717) is 5.92 Å². The van der Waals surface area contributed by atoms with Gasteiger partial charge in [-0.2, -0.15) is 0 Å². The second-order valence-corrected chi connectivity index (χ2v) is 7.09. The zero-order valence-electron chi connectivity index (χ0n) is 14.7. The fourth-order valence-electron chi connectivity index (χ4n) is 4.29. The van der Waals surface area contributed by atoms with E-state index in [1.54, 1.807) is 0 Å². The average Bonchev–Trinajstić information content (AvgIpc) is 3.08. The molecule has 2 aliphatic rings. The van der Waals surface area contributed by atoms with Gasteiger partial charge in [-0.25, -0.2) is 0 Å². The predicted molar refractivity (Wildman–Crippen MR) is 108 cm³/mol. The maximum absolute atomic E-state index is 3.74. The first-order chi connectivity index (χ1) is 12.9.